The molecule has 1 aliphatic heterocycles. The first kappa shape index (κ1) is 28.1. The standard InChI is InChI=1S/C32H32ClN3O5/c1-6-35(7-2)23-12-14-24(15-13-23)36-28(19-8-10-22(11-9-19)34(3)4)27(30(38)32(36)39)29(37)25-17-20-16-21(33)18-26(40-5)31(20)41-25/h8-18,28,38H,6-7H2,1-5H3. The predicted octanol–water partition coefficient (Wildman–Crippen LogP) is 6.79. The molecule has 0 fully saturated rings. The van der Waals surface area contributed by atoms with Crippen molar-refractivity contribution in [3.63, 3.8) is 0 Å². The average molecular weight is 574 g/mol. The maximum atomic E-state index is 14.0. The highest BCUT2D eigenvalue weighted by molar-refractivity contribution is 6.31. The summed E-state index contributed by atoms with van der Waals surface area (Å²) in [5.41, 5.74) is 3.47. The van der Waals surface area contributed by atoms with Crippen molar-refractivity contribution in [3.05, 3.63) is 94.4 Å². The molecule has 1 amide bonds. The minimum Gasteiger partial charge on any atom is -0.503 e. The Morgan fingerprint density at radius 2 is 1.63 bits per heavy atom. The number of fused-ring (bicyclic) bond motifs is 1. The summed E-state index contributed by atoms with van der Waals surface area (Å²) in [6.07, 6.45) is 0. The second-order valence-corrected chi connectivity index (χ2v) is 10.4. The lowest BCUT2D eigenvalue weighted by Gasteiger charge is -2.28. The van der Waals surface area contributed by atoms with E-state index in [1.165, 1.54) is 12.0 Å². The number of aliphatic hydroxyl groups is 1. The molecule has 41 heavy (non-hydrogen) atoms. The zero-order valence-corrected chi connectivity index (χ0v) is 24.4. The molecule has 8 nitrogen and oxygen atoms in total. The van der Waals surface area contributed by atoms with Gasteiger partial charge in [-0.05, 0) is 67.9 Å². The van der Waals surface area contributed by atoms with Crippen LogP contribution in [0.5, 0.6) is 5.75 Å². The van der Waals surface area contributed by atoms with Gasteiger partial charge in [0.2, 0.25) is 5.78 Å². The lowest BCUT2D eigenvalue weighted by atomic mass is 9.94. The van der Waals surface area contributed by atoms with E-state index in [2.05, 4.69) is 18.7 Å². The molecule has 0 radical (unpaired) electrons. The molecule has 4 aromatic rings. The number of carbonyl (C=O) groups excluding carboxylic acids is 2. The van der Waals surface area contributed by atoms with Crippen LogP contribution in [0.2, 0.25) is 5.02 Å². The van der Waals surface area contributed by atoms with E-state index in [0.717, 1.165) is 24.5 Å². The number of ether oxygens (including phenoxy) is 1. The monoisotopic (exact) mass is 573 g/mol. The molecule has 1 N–H and O–H groups in total. The van der Waals surface area contributed by atoms with Gasteiger partial charge in [0.15, 0.2) is 22.9 Å². The van der Waals surface area contributed by atoms with Crippen molar-refractivity contribution in [1.82, 2.24) is 0 Å². The number of ketones is 1. The highest BCUT2D eigenvalue weighted by atomic mass is 35.5. The number of carbonyl (C=O) groups is 2. The Bertz CT molecular complexity index is 1640. The van der Waals surface area contributed by atoms with E-state index in [9.17, 15) is 14.7 Å². The zero-order chi connectivity index (χ0) is 29.4. The van der Waals surface area contributed by atoms with Gasteiger partial charge in [0.1, 0.15) is 0 Å². The van der Waals surface area contributed by atoms with Crippen LogP contribution in [0, 0.1) is 0 Å². The highest BCUT2D eigenvalue weighted by Crippen LogP contribution is 2.43. The predicted molar refractivity (Wildman–Crippen MR) is 163 cm³/mol. The molecule has 2 heterocycles. The number of amides is 1. The van der Waals surface area contributed by atoms with E-state index in [4.69, 9.17) is 20.8 Å². The van der Waals surface area contributed by atoms with E-state index in [1.54, 1.807) is 18.2 Å². The summed E-state index contributed by atoms with van der Waals surface area (Å²) >= 11 is 6.22. The molecule has 1 aliphatic rings. The number of rotatable bonds is 9. The van der Waals surface area contributed by atoms with Crippen molar-refractivity contribution in [2.75, 3.05) is 49.0 Å². The Labute approximate surface area is 244 Å². The highest BCUT2D eigenvalue weighted by Gasteiger charge is 2.45. The van der Waals surface area contributed by atoms with E-state index in [0.29, 0.717) is 33.0 Å². The van der Waals surface area contributed by atoms with E-state index in [1.807, 2.05) is 67.5 Å². The largest absolute Gasteiger partial charge is 0.503 e. The summed E-state index contributed by atoms with van der Waals surface area (Å²) in [5.74, 6) is -1.55. The first-order valence-corrected chi connectivity index (χ1v) is 13.8. The van der Waals surface area contributed by atoms with Gasteiger partial charge in [0, 0.05) is 60.7 Å². The molecule has 1 atom stereocenters. The molecule has 212 valence electrons. The molecule has 5 rings (SSSR count). The second-order valence-electron chi connectivity index (χ2n) is 9.98. The number of nitrogens with zero attached hydrogens (tertiary/aromatic N) is 3. The third-order valence-corrected chi connectivity index (χ3v) is 7.64. The Hall–Kier alpha value is -4.43. The van der Waals surface area contributed by atoms with Crippen LogP contribution < -0.4 is 19.4 Å². The Morgan fingerprint density at radius 3 is 2.22 bits per heavy atom. The van der Waals surface area contributed by atoms with Crippen molar-refractivity contribution < 1.29 is 23.8 Å². The molecule has 0 saturated carbocycles. The van der Waals surface area contributed by atoms with Gasteiger partial charge in [-0.1, -0.05) is 23.7 Å². The van der Waals surface area contributed by atoms with Crippen molar-refractivity contribution in [2.24, 2.45) is 0 Å². The Balaban J connectivity index is 1.62. The fourth-order valence-electron chi connectivity index (χ4n) is 5.27. The molecule has 1 unspecified atom stereocenters. The molecule has 0 spiro atoms. The number of anilines is 3. The topological polar surface area (TPSA) is 86.5 Å². The van der Waals surface area contributed by atoms with Crippen LogP contribution in [0.4, 0.5) is 17.1 Å². The minimum absolute atomic E-state index is 0.0384. The summed E-state index contributed by atoms with van der Waals surface area (Å²) < 4.78 is 11.3. The first-order chi connectivity index (χ1) is 19.7. The minimum atomic E-state index is -0.885. The maximum Gasteiger partial charge on any atom is 0.294 e. The van der Waals surface area contributed by atoms with E-state index >= 15 is 0 Å². The summed E-state index contributed by atoms with van der Waals surface area (Å²) in [6.45, 7) is 5.84. The number of halogens is 1. The third-order valence-electron chi connectivity index (χ3n) is 7.43. The smallest absolute Gasteiger partial charge is 0.294 e. The molecule has 0 aliphatic carbocycles. The number of Topliss-reactive ketones (excluding diaryl/α,β-unsaturated/α-hetero) is 1. The number of aliphatic hydroxyl groups excluding tert-OH is 1. The molecule has 3 aromatic carbocycles. The van der Waals surface area contributed by atoms with Crippen LogP contribution >= 0.6 is 11.6 Å². The van der Waals surface area contributed by atoms with Crippen molar-refractivity contribution >= 4 is 51.3 Å². The van der Waals surface area contributed by atoms with E-state index < -0.39 is 23.5 Å². The average Bonchev–Trinajstić information content (AvgIpc) is 3.52. The molecule has 9 heteroatoms. The SMILES string of the molecule is CCN(CC)c1ccc(N2C(=O)C(O)=C(C(=O)c3cc4cc(Cl)cc(OC)c4o3)C2c2ccc(N(C)C)cc2)cc1. The first-order valence-electron chi connectivity index (χ1n) is 13.4. The quantitative estimate of drug-likeness (QED) is 0.221. The molecular formula is C32H32ClN3O5. The normalized spacial score (nSPS) is 15.1. The van der Waals surface area contributed by atoms with Crippen LogP contribution in [0.3, 0.4) is 0 Å². The van der Waals surface area contributed by atoms with Gasteiger partial charge in [-0.25, -0.2) is 0 Å². The van der Waals surface area contributed by atoms with Gasteiger partial charge in [0.25, 0.3) is 5.91 Å². The number of methoxy groups -OCH3 is 1. The van der Waals surface area contributed by atoms with Gasteiger partial charge in [0.05, 0.1) is 18.7 Å². The third kappa shape index (κ3) is 5.00. The fourth-order valence-corrected chi connectivity index (χ4v) is 5.49. The van der Waals surface area contributed by atoms with Crippen LogP contribution in [-0.4, -0.2) is 51.1 Å². The van der Waals surface area contributed by atoms with Gasteiger partial charge >= 0.3 is 0 Å². The molecule has 0 bridgehead atoms. The van der Waals surface area contributed by atoms with Crippen molar-refractivity contribution in [1.29, 1.82) is 0 Å². The maximum absolute atomic E-state index is 14.0. The van der Waals surface area contributed by atoms with Crippen LogP contribution in [0.25, 0.3) is 11.0 Å². The summed E-state index contributed by atoms with van der Waals surface area (Å²) in [5, 5.41) is 12.2. The lowest BCUT2D eigenvalue weighted by Crippen LogP contribution is -2.31. The number of benzene rings is 3. The van der Waals surface area contributed by atoms with Gasteiger partial charge in [-0.2, -0.15) is 0 Å². The lowest BCUT2D eigenvalue weighted by molar-refractivity contribution is -0.117. The van der Waals surface area contributed by atoms with E-state index in [-0.39, 0.29) is 11.3 Å². The Morgan fingerprint density at radius 1 is 1.00 bits per heavy atom. The van der Waals surface area contributed by atoms with Gasteiger partial charge in [-0.3, -0.25) is 14.5 Å². The molecule has 0 saturated heterocycles. The number of furan rings is 1. The summed E-state index contributed by atoms with van der Waals surface area (Å²) in [7, 11) is 5.34. The number of hydrogen-bond donors (Lipinski definition) is 1. The number of hydrogen-bond acceptors (Lipinski definition) is 7. The van der Waals surface area contributed by atoms with Gasteiger partial charge in [-0.15, -0.1) is 0 Å². The summed E-state index contributed by atoms with van der Waals surface area (Å²) in [4.78, 5) is 33.3. The summed E-state index contributed by atoms with van der Waals surface area (Å²) in [6, 6.07) is 19.0. The zero-order valence-electron chi connectivity index (χ0n) is 23.6. The molecule has 1 aromatic heterocycles. The fraction of sp³-hybridized carbons (Fsp3) is 0.250. The molecular weight excluding hydrogens is 542 g/mol. The van der Waals surface area contributed by atoms with Crippen LogP contribution in [-0.2, 0) is 4.79 Å². The van der Waals surface area contributed by atoms with Gasteiger partial charge < -0.3 is 24.1 Å². The van der Waals surface area contributed by atoms with Crippen molar-refractivity contribution in [3.8, 4) is 5.75 Å². The van der Waals surface area contributed by atoms with Crippen molar-refractivity contribution in [2.45, 2.75) is 19.9 Å². The second kappa shape index (κ2) is 11.2. The van der Waals surface area contributed by atoms with Crippen LogP contribution in [0.1, 0.15) is 36.0 Å². The Kier molecular flexibility index (Phi) is 7.69. The van der Waals surface area contributed by atoms with Crippen LogP contribution in [0.15, 0.2) is 82.5 Å².